The van der Waals surface area contributed by atoms with Crippen LogP contribution in [0.2, 0.25) is 10.0 Å². The van der Waals surface area contributed by atoms with Crippen LogP contribution in [0.4, 0.5) is 5.82 Å². The summed E-state index contributed by atoms with van der Waals surface area (Å²) in [6.07, 6.45) is 4.10. The first kappa shape index (κ1) is 25.7. The first-order valence-corrected chi connectivity index (χ1v) is 12.6. The van der Waals surface area contributed by atoms with E-state index in [2.05, 4.69) is 22.8 Å². The topological polar surface area (TPSA) is 92.8 Å². The third-order valence-corrected chi connectivity index (χ3v) is 6.86. The number of amides is 1. The lowest BCUT2D eigenvalue weighted by Gasteiger charge is -2.40. The SMILES string of the molecule is COC(=O)[C@H](CN1CC(OCCCc2ccc3c(n2)NCCC3)C1)NC(=O)c1c(Cl)cccc1Cl. The Morgan fingerprint density at radius 3 is 2.74 bits per heavy atom. The van der Waals surface area contributed by atoms with Crippen molar-refractivity contribution in [3.63, 3.8) is 0 Å². The maximum Gasteiger partial charge on any atom is 0.329 e. The summed E-state index contributed by atoms with van der Waals surface area (Å²) in [4.78, 5) is 31.7. The van der Waals surface area contributed by atoms with Gasteiger partial charge in [0.15, 0.2) is 0 Å². The molecule has 3 heterocycles. The van der Waals surface area contributed by atoms with E-state index in [1.54, 1.807) is 18.2 Å². The van der Waals surface area contributed by atoms with E-state index in [0.29, 0.717) is 26.2 Å². The molecular weight excluding hydrogens is 491 g/mol. The Bertz CT molecular complexity index is 1040. The Labute approximate surface area is 215 Å². The van der Waals surface area contributed by atoms with Gasteiger partial charge in [0.1, 0.15) is 11.9 Å². The van der Waals surface area contributed by atoms with Gasteiger partial charge in [-0.15, -0.1) is 0 Å². The Kier molecular flexibility index (Phi) is 8.83. The van der Waals surface area contributed by atoms with Gasteiger partial charge in [-0.2, -0.15) is 0 Å². The van der Waals surface area contributed by atoms with Crippen molar-refractivity contribution in [2.24, 2.45) is 0 Å². The molecule has 1 saturated heterocycles. The number of rotatable bonds is 10. The van der Waals surface area contributed by atoms with Crippen molar-refractivity contribution in [3.8, 4) is 0 Å². The van der Waals surface area contributed by atoms with Crippen LogP contribution in [0.15, 0.2) is 30.3 Å². The van der Waals surface area contributed by atoms with Crippen molar-refractivity contribution in [2.75, 3.05) is 45.2 Å². The Balaban J connectivity index is 1.19. The van der Waals surface area contributed by atoms with Crippen LogP contribution in [0.3, 0.4) is 0 Å². The second-order valence-corrected chi connectivity index (χ2v) is 9.62. The van der Waals surface area contributed by atoms with Crippen molar-refractivity contribution >= 4 is 40.9 Å². The summed E-state index contributed by atoms with van der Waals surface area (Å²) in [7, 11) is 1.29. The fraction of sp³-hybridized carbons (Fsp3) is 0.480. The molecule has 8 nitrogen and oxygen atoms in total. The second-order valence-electron chi connectivity index (χ2n) is 8.80. The van der Waals surface area contributed by atoms with Gasteiger partial charge in [0.2, 0.25) is 0 Å². The van der Waals surface area contributed by atoms with Crippen molar-refractivity contribution in [1.82, 2.24) is 15.2 Å². The number of hydrogen-bond donors (Lipinski definition) is 2. The van der Waals surface area contributed by atoms with Gasteiger partial charge in [-0.05, 0) is 49.4 Å². The molecule has 0 aliphatic carbocycles. The molecule has 1 fully saturated rings. The summed E-state index contributed by atoms with van der Waals surface area (Å²) in [6.45, 7) is 3.30. The Hall–Kier alpha value is -2.39. The third kappa shape index (κ3) is 6.64. The van der Waals surface area contributed by atoms with Gasteiger partial charge in [0.25, 0.3) is 5.91 Å². The number of halogens is 2. The number of ether oxygens (including phenoxy) is 2. The maximum atomic E-state index is 12.7. The summed E-state index contributed by atoms with van der Waals surface area (Å²) in [5, 5.41) is 6.50. The first-order chi connectivity index (χ1) is 16.9. The molecule has 2 aromatic rings. The Morgan fingerprint density at radius 1 is 1.23 bits per heavy atom. The first-order valence-electron chi connectivity index (χ1n) is 11.8. The number of nitrogens with one attached hydrogen (secondary N) is 2. The van der Waals surface area contributed by atoms with E-state index < -0.39 is 17.9 Å². The number of fused-ring (bicyclic) bond motifs is 1. The summed E-state index contributed by atoms with van der Waals surface area (Å²) in [6, 6.07) is 8.24. The van der Waals surface area contributed by atoms with Gasteiger partial charge in [0, 0.05) is 38.5 Å². The number of pyridine rings is 1. The second kappa shape index (κ2) is 12.0. The largest absolute Gasteiger partial charge is 0.467 e. The van der Waals surface area contributed by atoms with Gasteiger partial charge in [-0.25, -0.2) is 9.78 Å². The van der Waals surface area contributed by atoms with Crippen LogP contribution in [-0.4, -0.2) is 73.8 Å². The highest BCUT2D eigenvalue weighted by molar-refractivity contribution is 6.39. The van der Waals surface area contributed by atoms with Crippen LogP contribution in [0.1, 0.15) is 34.5 Å². The highest BCUT2D eigenvalue weighted by Gasteiger charge is 2.33. The number of nitrogens with zero attached hydrogens (tertiary/aromatic N) is 2. The Morgan fingerprint density at radius 2 is 2.00 bits per heavy atom. The molecular formula is C25H30Cl2N4O4. The van der Waals surface area contributed by atoms with Crippen LogP contribution in [0, 0.1) is 0 Å². The average Bonchev–Trinajstić information content (AvgIpc) is 2.83. The zero-order valence-corrected chi connectivity index (χ0v) is 21.2. The number of methoxy groups -OCH3 is 1. The van der Waals surface area contributed by atoms with E-state index in [1.807, 2.05) is 4.90 Å². The molecule has 0 bridgehead atoms. The number of likely N-dealkylation sites (tertiary alicyclic amines) is 1. The number of aromatic nitrogens is 1. The van der Waals surface area contributed by atoms with Crippen LogP contribution in [0.25, 0.3) is 0 Å². The molecule has 1 atom stereocenters. The molecule has 0 unspecified atom stereocenters. The van der Waals surface area contributed by atoms with Crippen molar-refractivity contribution in [1.29, 1.82) is 0 Å². The summed E-state index contributed by atoms with van der Waals surface area (Å²) in [5.74, 6) is -0.0263. The molecule has 1 aromatic carbocycles. The molecule has 188 valence electrons. The summed E-state index contributed by atoms with van der Waals surface area (Å²) < 4.78 is 10.8. The van der Waals surface area contributed by atoms with Crippen molar-refractivity contribution in [3.05, 3.63) is 57.2 Å². The molecule has 2 N–H and O–H groups in total. The molecule has 4 rings (SSSR count). The lowest BCUT2D eigenvalue weighted by Crippen LogP contribution is -2.58. The predicted octanol–water partition coefficient (Wildman–Crippen LogP) is 3.35. The average molecular weight is 521 g/mol. The van der Waals surface area contributed by atoms with E-state index >= 15 is 0 Å². The zero-order chi connectivity index (χ0) is 24.8. The van der Waals surface area contributed by atoms with Gasteiger partial charge < -0.3 is 20.1 Å². The molecule has 10 heteroatoms. The highest BCUT2D eigenvalue weighted by atomic mass is 35.5. The number of carbonyl (C=O) groups is 2. The van der Waals surface area contributed by atoms with Crippen molar-refractivity contribution < 1.29 is 19.1 Å². The molecule has 0 saturated carbocycles. The molecule has 1 aromatic heterocycles. The minimum Gasteiger partial charge on any atom is -0.467 e. The predicted molar refractivity (Wildman–Crippen MR) is 135 cm³/mol. The summed E-state index contributed by atoms with van der Waals surface area (Å²) in [5.41, 5.74) is 2.51. The lowest BCUT2D eigenvalue weighted by atomic mass is 10.1. The molecule has 35 heavy (non-hydrogen) atoms. The van der Waals surface area contributed by atoms with Gasteiger partial charge in [-0.1, -0.05) is 35.3 Å². The number of hydrogen-bond acceptors (Lipinski definition) is 7. The molecule has 2 aliphatic rings. The van der Waals surface area contributed by atoms with Crippen LogP contribution in [0.5, 0.6) is 0 Å². The van der Waals surface area contributed by atoms with Gasteiger partial charge in [-0.3, -0.25) is 9.69 Å². The molecule has 0 spiro atoms. The molecule has 0 radical (unpaired) electrons. The molecule has 1 amide bonds. The van der Waals surface area contributed by atoms with E-state index in [9.17, 15) is 9.59 Å². The van der Waals surface area contributed by atoms with E-state index in [1.165, 1.54) is 12.7 Å². The quantitative estimate of drug-likeness (QED) is 0.366. The fourth-order valence-electron chi connectivity index (χ4n) is 4.31. The minimum atomic E-state index is -0.843. The zero-order valence-electron chi connectivity index (χ0n) is 19.7. The van der Waals surface area contributed by atoms with Gasteiger partial charge >= 0.3 is 5.97 Å². The standard InChI is InChI=1S/C25H30Cl2N4O4/c1-34-25(33)21(30-24(32)22-19(26)7-2-8-20(22)27)15-31-13-18(14-31)35-12-4-6-17-10-9-16-5-3-11-28-23(16)29-17/h2,7-10,18,21H,3-6,11-15H2,1H3,(H,28,29)(H,30,32)/t21-/m0/s1. The smallest absolute Gasteiger partial charge is 0.329 e. The number of anilines is 1. The number of carbonyl (C=O) groups excluding carboxylic acids is 2. The summed E-state index contributed by atoms with van der Waals surface area (Å²) >= 11 is 12.2. The third-order valence-electron chi connectivity index (χ3n) is 6.23. The lowest BCUT2D eigenvalue weighted by molar-refractivity contribution is -0.144. The number of esters is 1. The maximum absolute atomic E-state index is 12.7. The van der Waals surface area contributed by atoms with E-state index in [4.69, 9.17) is 37.7 Å². The monoisotopic (exact) mass is 520 g/mol. The number of benzene rings is 1. The molecule has 2 aliphatic heterocycles. The van der Waals surface area contributed by atoms with Gasteiger partial charge in [0.05, 0.1) is 28.8 Å². The normalized spacial score (nSPS) is 16.5. The number of aryl methyl sites for hydroxylation is 2. The van der Waals surface area contributed by atoms with Crippen molar-refractivity contribution in [2.45, 2.75) is 37.8 Å². The fourth-order valence-corrected chi connectivity index (χ4v) is 4.88. The van der Waals surface area contributed by atoms with E-state index in [-0.39, 0.29) is 21.7 Å². The minimum absolute atomic E-state index is 0.0974. The van der Waals surface area contributed by atoms with Crippen LogP contribution >= 0.6 is 23.2 Å². The van der Waals surface area contributed by atoms with E-state index in [0.717, 1.165) is 43.7 Å². The highest BCUT2D eigenvalue weighted by Crippen LogP contribution is 2.24. The van der Waals surface area contributed by atoms with Crippen LogP contribution in [-0.2, 0) is 27.1 Å². The van der Waals surface area contributed by atoms with Crippen LogP contribution < -0.4 is 10.6 Å².